The van der Waals surface area contributed by atoms with Gasteiger partial charge in [0.05, 0.1) is 12.1 Å². The Bertz CT molecular complexity index is 560. The topological polar surface area (TPSA) is 57.0 Å². The monoisotopic (exact) mass is 233 g/mol. The standard InChI is InChI=1S/C12H15N3O2/c1-4-17-12(16)7-15-11-6-9(3)8(2)5-10(11)13-14-15/h5-6H,4,7H2,1-3H3. The second-order valence-corrected chi connectivity index (χ2v) is 3.98. The summed E-state index contributed by atoms with van der Waals surface area (Å²) in [7, 11) is 0. The van der Waals surface area contributed by atoms with Crippen molar-refractivity contribution in [3.05, 3.63) is 23.3 Å². The fraction of sp³-hybridized carbons (Fsp3) is 0.417. The van der Waals surface area contributed by atoms with Crippen molar-refractivity contribution >= 4 is 17.0 Å². The lowest BCUT2D eigenvalue weighted by atomic mass is 10.1. The van der Waals surface area contributed by atoms with Crippen molar-refractivity contribution in [3.8, 4) is 0 Å². The van der Waals surface area contributed by atoms with Gasteiger partial charge in [0, 0.05) is 0 Å². The van der Waals surface area contributed by atoms with Gasteiger partial charge in [0.2, 0.25) is 0 Å². The van der Waals surface area contributed by atoms with Gasteiger partial charge in [-0.05, 0) is 44.0 Å². The number of rotatable bonds is 3. The van der Waals surface area contributed by atoms with Gasteiger partial charge < -0.3 is 4.74 Å². The number of benzene rings is 1. The summed E-state index contributed by atoms with van der Waals surface area (Å²) in [5.41, 5.74) is 3.99. The molecule has 0 amide bonds. The number of ether oxygens (including phenoxy) is 1. The molecule has 0 N–H and O–H groups in total. The van der Waals surface area contributed by atoms with Gasteiger partial charge in [0.1, 0.15) is 12.1 Å². The molecule has 90 valence electrons. The summed E-state index contributed by atoms with van der Waals surface area (Å²) in [6.45, 7) is 6.32. The molecule has 1 aromatic heterocycles. The predicted octanol–water partition coefficient (Wildman–Crippen LogP) is 1.61. The van der Waals surface area contributed by atoms with E-state index in [4.69, 9.17) is 4.74 Å². The van der Waals surface area contributed by atoms with Crippen LogP contribution >= 0.6 is 0 Å². The molecule has 0 radical (unpaired) electrons. The lowest BCUT2D eigenvalue weighted by Crippen LogP contribution is -2.14. The van der Waals surface area contributed by atoms with Gasteiger partial charge in [-0.15, -0.1) is 5.10 Å². The largest absolute Gasteiger partial charge is 0.465 e. The van der Waals surface area contributed by atoms with Crippen LogP contribution in [0, 0.1) is 13.8 Å². The van der Waals surface area contributed by atoms with E-state index in [1.807, 2.05) is 26.0 Å². The van der Waals surface area contributed by atoms with E-state index >= 15 is 0 Å². The first-order chi connectivity index (χ1) is 8.11. The van der Waals surface area contributed by atoms with Gasteiger partial charge in [-0.1, -0.05) is 5.21 Å². The lowest BCUT2D eigenvalue weighted by molar-refractivity contribution is -0.143. The Balaban J connectivity index is 2.36. The van der Waals surface area contributed by atoms with Crippen molar-refractivity contribution in [2.24, 2.45) is 0 Å². The van der Waals surface area contributed by atoms with E-state index in [0.717, 1.165) is 16.6 Å². The molecule has 0 aliphatic rings. The summed E-state index contributed by atoms with van der Waals surface area (Å²) in [4.78, 5) is 11.4. The van der Waals surface area contributed by atoms with Crippen LogP contribution in [-0.4, -0.2) is 27.6 Å². The van der Waals surface area contributed by atoms with Gasteiger partial charge in [0.25, 0.3) is 0 Å². The van der Waals surface area contributed by atoms with Gasteiger partial charge >= 0.3 is 5.97 Å². The molecule has 2 rings (SSSR count). The lowest BCUT2D eigenvalue weighted by Gasteiger charge is -2.03. The molecule has 2 aromatic rings. The molecule has 1 heterocycles. The number of carbonyl (C=O) groups is 1. The van der Waals surface area contributed by atoms with Crippen LogP contribution < -0.4 is 0 Å². The maximum absolute atomic E-state index is 11.4. The number of aromatic nitrogens is 3. The zero-order chi connectivity index (χ0) is 12.4. The molecule has 0 aliphatic heterocycles. The number of carbonyl (C=O) groups excluding carboxylic acids is 1. The highest BCUT2D eigenvalue weighted by Gasteiger charge is 2.10. The molecule has 0 spiro atoms. The normalized spacial score (nSPS) is 10.8. The number of fused-ring (bicyclic) bond motifs is 1. The zero-order valence-electron chi connectivity index (χ0n) is 10.2. The highest BCUT2D eigenvalue weighted by molar-refractivity contribution is 5.78. The summed E-state index contributed by atoms with van der Waals surface area (Å²) in [6.07, 6.45) is 0. The minimum atomic E-state index is -0.294. The Morgan fingerprint density at radius 1 is 1.35 bits per heavy atom. The maximum atomic E-state index is 11.4. The first-order valence-electron chi connectivity index (χ1n) is 5.58. The Kier molecular flexibility index (Phi) is 3.08. The van der Waals surface area contributed by atoms with E-state index < -0.39 is 0 Å². The van der Waals surface area contributed by atoms with E-state index in [-0.39, 0.29) is 12.5 Å². The van der Waals surface area contributed by atoms with Crippen LogP contribution in [0.3, 0.4) is 0 Å². The highest BCUT2D eigenvalue weighted by Crippen LogP contribution is 2.16. The van der Waals surface area contributed by atoms with Crippen LogP contribution in [0.15, 0.2) is 12.1 Å². The van der Waals surface area contributed by atoms with Gasteiger partial charge in [-0.2, -0.15) is 0 Å². The molecule has 1 aromatic carbocycles. The molecule has 0 atom stereocenters. The maximum Gasteiger partial charge on any atom is 0.327 e. The van der Waals surface area contributed by atoms with Crippen molar-refractivity contribution in [2.45, 2.75) is 27.3 Å². The molecule has 17 heavy (non-hydrogen) atoms. The number of hydrogen-bond acceptors (Lipinski definition) is 4. The van der Waals surface area contributed by atoms with Crippen molar-refractivity contribution in [2.75, 3.05) is 6.61 Å². The minimum absolute atomic E-state index is 0.104. The first kappa shape index (κ1) is 11.6. The Labute approximate surface area is 99.4 Å². The van der Waals surface area contributed by atoms with Crippen molar-refractivity contribution in [1.29, 1.82) is 0 Å². The van der Waals surface area contributed by atoms with Crippen LogP contribution in [0.2, 0.25) is 0 Å². The smallest absolute Gasteiger partial charge is 0.327 e. The minimum Gasteiger partial charge on any atom is -0.465 e. The molecule has 0 saturated carbocycles. The van der Waals surface area contributed by atoms with Crippen LogP contribution in [-0.2, 0) is 16.1 Å². The summed E-state index contributed by atoms with van der Waals surface area (Å²) in [6, 6.07) is 3.96. The van der Waals surface area contributed by atoms with E-state index in [2.05, 4.69) is 10.3 Å². The second-order valence-electron chi connectivity index (χ2n) is 3.98. The van der Waals surface area contributed by atoms with Crippen molar-refractivity contribution in [3.63, 3.8) is 0 Å². The second kappa shape index (κ2) is 4.53. The first-order valence-corrected chi connectivity index (χ1v) is 5.58. The summed E-state index contributed by atoms with van der Waals surface area (Å²) in [5.74, 6) is -0.294. The summed E-state index contributed by atoms with van der Waals surface area (Å²) in [5, 5.41) is 8.00. The van der Waals surface area contributed by atoms with Gasteiger partial charge in [-0.3, -0.25) is 4.79 Å². The van der Waals surface area contributed by atoms with E-state index in [0.29, 0.717) is 6.61 Å². The third kappa shape index (κ3) is 2.27. The quantitative estimate of drug-likeness (QED) is 0.756. The molecular weight excluding hydrogens is 218 g/mol. The van der Waals surface area contributed by atoms with Crippen LogP contribution in [0.4, 0.5) is 0 Å². The molecule has 0 bridgehead atoms. The van der Waals surface area contributed by atoms with Crippen molar-refractivity contribution < 1.29 is 9.53 Å². The third-order valence-corrected chi connectivity index (χ3v) is 2.71. The predicted molar refractivity (Wildman–Crippen MR) is 63.6 cm³/mol. The van der Waals surface area contributed by atoms with Crippen LogP contribution in [0.1, 0.15) is 18.1 Å². The molecule has 5 heteroatoms. The Morgan fingerprint density at radius 2 is 2.06 bits per heavy atom. The average Bonchev–Trinajstić information content (AvgIpc) is 2.63. The molecule has 5 nitrogen and oxygen atoms in total. The van der Waals surface area contributed by atoms with Crippen molar-refractivity contribution in [1.82, 2.24) is 15.0 Å². The molecule has 0 fully saturated rings. The SMILES string of the molecule is CCOC(=O)Cn1nnc2cc(C)c(C)cc21. The molecule has 0 aliphatic carbocycles. The molecule has 0 unspecified atom stereocenters. The zero-order valence-corrected chi connectivity index (χ0v) is 10.2. The summed E-state index contributed by atoms with van der Waals surface area (Å²) >= 11 is 0. The molecular formula is C12H15N3O2. The third-order valence-electron chi connectivity index (χ3n) is 2.71. The fourth-order valence-electron chi connectivity index (χ4n) is 1.67. The molecule has 0 saturated heterocycles. The van der Waals surface area contributed by atoms with Gasteiger partial charge in [-0.25, -0.2) is 4.68 Å². The fourth-order valence-corrected chi connectivity index (χ4v) is 1.67. The van der Waals surface area contributed by atoms with Gasteiger partial charge in [0.15, 0.2) is 0 Å². The number of esters is 1. The number of hydrogen-bond donors (Lipinski definition) is 0. The van der Waals surface area contributed by atoms with E-state index in [9.17, 15) is 4.79 Å². The van der Waals surface area contributed by atoms with Crippen LogP contribution in [0.5, 0.6) is 0 Å². The van der Waals surface area contributed by atoms with E-state index in [1.54, 1.807) is 11.6 Å². The highest BCUT2D eigenvalue weighted by atomic mass is 16.5. The average molecular weight is 233 g/mol. The number of nitrogens with zero attached hydrogens (tertiary/aromatic N) is 3. The van der Waals surface area contributed by atoms with E-state index in [1.165, 1.54) is 5.56 Å². The summed E-state index contributed by atoms with van der Waals surface area (Å²) < 4.78 is 6.46. The number of aryl methyl sites for hydroxylation is 2. The Morgan fingerprint density at radius 3 is 2.76 bits per heavy atom. The Hall–Kier alpha value is -1.91. The van der Waals surface area contributed by atoms with Crippen LogP contribution in [0.25, 0.3) is 11.0 Å².